The van der Waals surface area contributed by atoms with Crippen molar-refractivity contribution in [2.75, 3.05) is 25.2 Å². The van der Waals surface area contributed by atoms with Crippen LogP contribution in [0.2, 0.25) is 0 Å². The fourth-order valence-electron chi connectivity index (χ4n) is 2.91. The number of hydrogen-bond donors (Lipinski definition) is 1. The molecule has 3 aromatic rings. The topological polar surface area (TPSA) is 45.6 Å². The number of ether oxygens (including phenoxy) is 1. The number of methoxy groups -OCH3 is 1. The lowest BCUT2D eigenvalue weighted by Gasteiger charge is -2.26. The minimum absolute atomic E-state index is 0.0969. The first-order valence-corrected chi connectivity index (χ1v) is 8.06. The van der Waals surface area contributed by atoms with Crippen LogP contribution in [0.1, 0.15) is 11.3 Å². The highest BCUT2D eigenvalue weighted by molar-refractivity contribution is 5.93. The van der Waals surface area contributed by atoms with Gasteiger partial charge in [-0.3, -0.25) is 4.98 Å². The molecule has 0 aliphatic rings. The number of aliphatic hydroxyl groups is 1. The number of nitrogens with zero attached hydrogens (tertiary/aromatic N) is 2. The van der Waals surface area contributed by atoms with Crippen molar-refractivity contribution >= 4 is 16.6 Å². The maximum Gasteiger partial charge on any atom is 0.119 e. The van der Waals surface area contributed by atoms with Gasteiger partial charge in [-0.25, -0.2) is 0 Å². The molecule has 1 aromatic heterocycles. The second-order valence-corrected chi connectivity index (χ2v) is 5.80. The molecule has 0 saturated carbocycles. The lowest BCUT2D eigenvalue weighted by molar-refractivity contribution is 0.301. The fourth-order valence-corrected chi connectivity index (χ4v) is 2.91. The van der Waals surface area contributed by atoms with Gasteiger partial charge in [-0.2, -0.15) is 0 Å². The van der Waals surface area contributed by atoms with Gasteiger partial charge < -0.3 is 14.7 Å². The van der Waals surface area contributed by atoms with Gasteiger partial charge in [0.05, 0.1) is 19.2 Å². The third-order valence-electron chi connectivity index (χ3n) is 4.05. The zero-order valence-corrected chi connectivity index (χ0v) is 14.1. The van der Waals surface area contributed by atoms with E-state index in [0.717, 1.165) is 34.6 Å². The second kappa shape index (κ2) is 7.32. The summed E-state index contributed by atoms with van der Waals surface area (Å²) in [5.74, 6) is 0.804. The summed E-state index contributed by atoms with van der Waals surface area (Å²) in [6, 6.07) is 18.2. The smallest absolute Gasteiger partial charge is 0.119 e. The van der Waals surface area contributed by atoms with E-state index in [4.69, 9.17) is 4.74 Å². The minimum Gasteiger partial charge on any atom is -0.497 e. The molecule has 0 saturated heterocycles. The molecule has 124 valence electrons. The Labute approximate surface area is 142 Å². The van der Waals surface area contributed by atoms with Crippen molar-refractivity contribution in [2.45, 2.75) is 13.5 Å². The van der Waals surface area contributed by atoms with E-state index >= 15 is 0 Å². The van der Waals surface area contributed by atoms with Crippen molar-refractivity contribution in [3.63, 3.8) is 0 Å². The zero-order valence-electron chi connectivity index (χ0n) is 14.1. The van der Waals surface area contributed by atoms with E-state index in [1.807, 2.05) is 43.3 Å². The molecule has 3 rings (SSSR count). The maximum atomic E-state index is 9.54. The third-order valence-corrected chi connectivity index (χ3v) is 4.05. The van der Waals surface area contributed by atoms with Gasteiger partial charge in [0.2, 0.25) is 0 Å². The molecule has 0 radical (unpaired) electrons. The first-order chi connectivity index (χ1) is 11.7. The minimum atomic E-state index is 0.0969. The van der Waals surface area contributed by atoms with Gasteiger partial charge in [-0.05, 0) is 36.8 Å². The highest BCUT2D eigenvalue weighted by Crippen LogP contribution is 2.30. The van der Waals surface area contributed by atoms with Crippen LogP contribution in [0.25, 0.3) is 10.9 Å². The van der Waals surface area contributed by atoms with Gasteiger partial charge in [-0.15, -0.1) is 0 Å². The van der Waals surface area contributed by atoms with E-state index in [-0.39, 0.29) is 6.61 Å². The van der Waals surface area contributed by atoms with E-state index in [9.17, 15) is 5.11 Å². The van der Waals surface area contributed by atoms with Gasteiger partial charge in [0.15, 0.2) is 0 Å². The van der Waals surface area contributed by atoms with Crippen LogP contribution in [-0.4, -0.2) is 30.4 Å². The predicted octanol–water partition coefficient (Wildman–Crippen LogP) is 3.55. The molecule has 0 bridgehead atoms. The Morgan fingerprint density at radius 2 is 1.88 bits per heavy atom. The maximum absolute atomic E-state index is 9.54. The van der Waals surface area contributed by atoms with Gasteiger partial charge >= 0.3 is 0 Å². The Balaban J connectivity index is 2.08. The third kappa shape index (κ3) is 3.49. The molecule has 24 heavy (non-hydrogen) atoms. The van der Waals surface area contributed by atoms with Crippen molar-refractivity contribution < 1.29 is 9.84 Å². The Kier molecular flexibility index (Phi) is 4.96. The van der Waals surface area contributed by atoms with Crippen LogP contribution in [0.3, 0.4) is 0 Å². The number of benzene rings is 2. The standard InChI is InChI=1S/C20H22N2O2/c1-15-12-20(18-13-17(24-2)8-9-19(18)21-15)22(10-11-23)14-16-6-4-3-5-7-16/h3-9,12-13,23H,10-11,14H2,1-2H3. The van der Waals surface area contributed by atoms with Crippen molar-refractivity contribution in [1.82, 2.24) is 4.98 Å². The van der Waals surface area contributed by atoms with Gasteiger partial charge in [0.1, 0.15) is 5.75 Å². The highest BCUT2D eigenvalue weighted by atomic mass is 16.5. The summed E-state index contributed by atoms with van der Waals surface area (Å²) in [5, 5.41) is 10.6. The number of rotatable bonds is 6. The predicted molar refractivity (Wildman–Crippen MR) is 97.6 cm³/mol. The van der Waals surface area contributed by atoms with E-state index in [1.165, 1.54) is 5.56 Å². The summed E-state index contributed by atoms with van der Waals surface area (Å²) < 4.78 is 5.37. The van der Waals surface area contributed by atoms with E-state index < -0.39 is 0 Å². The van der Waals surface area contributed by atoms with Gasteiger partial charge in [-0.1, -0.05) is 30.3 Å². The molecular weight excluding hydrogens is 300 g/mol. The van der Waals surface area contributed by atoms with Crippen LogP contribution in [0.15, 0.2) is 54.6 Å². The van der Waals surface area contributed by atoms with Crippen molar-refractivity contribution in [3.05, 3.63) is 65.9 Å². The average molecular weight is 322 g/mol. The largest absolute Gasteiger partial charge is 0.497 e. The van der Waals surface area contributed by atoms with Crippen molar-refractivity contribution in [3.8, 4) is 5.75 Å². The number of anilines is 1. The lowest BCUT2D eigenvalue weighted by atomic mass is 10.1. The summed E-state index contributed by atoms with van der Waals surface area (Å²) in [5.41, 5.74) is 4.16. The molecule has 0 unspecified atom stereocenters. The highest BCUT2D eigenvalue weighted by Gasteiger charge is 2.13. The van der Waals surface area contributed by atoms with Crippen LogP contribution < -0.4 is 9.64 Å². The summed E-state index contributed by atoms with van der Waals surface area (Å²) in [6.45, 7) is 3.38. The van der Waals surface area contributed by atoms with Crippen LogP contribution >= 0.6 is 0 Å². The molecule has 4 heteroatoms. The molecule has 0 fully saturated rings. The Hall–Kier alpha value is -2.59. The molecular formula is C20H22N2O2. The van der Waals surface area contributed by atoms with Gasteiger partial charge in [0, 0.05) is 29.9 Å². The molecule has 0 aliphatic heterocycles. The fraction of sp³-hybridized carbons (Fsp3) is 0.250. The number of pyridine rings is 1. The van der Waals surface area contributed by atoms with Crippen molar-refractivity contribution in [2.24, 2.45) is 0 Å². The Morgan fingerprint density at radius 1 is 1.08 bits per heavy atom. The zero-order chi connectivity index (χ0) is 16.9. The lowest BCUT2D eigenvalue weighted by Crippen LogP contribution is -2.26. The van der Waals surface area contributed by atoms with Crippen LogP contribution in [0.4, 0.5) is 5.69 Å². The SMILES string of the molecule is COc1ccc2nc(C)cc(N(CCO)Cc3ccccc3)c2c1. The van der Waals surface area contributed by atoms with Crippen LogP contribution in [-0.2, 0) is 6.54 Å². The average Bonchev–Trinajstić information content (AvgIpc) is 2.61. The molecule has 0 aliphatic carbocycles. The molecule has 0 atom stereocenters. The number of fused-ring (bicyclic) bond motifs is 1. The molecule has 0 amide bonds. The quantitative estimate of drug-likeness (QED) is 0.754. The number of aryl methyl sites for hydroxylation is 1. The number of hydrogen-bond acceptors (Lipinski definition) is 4. The first-order valence-electron chi connectivity index (χ1n) is 8.06. The number of aromatic nitrogens is 1. The molecule has 1 heterocycles. The van der Waals surface area contributed by atoms with E-state index in [2.05, 4.69) is 28.1 Å². The first kappa shape index (κ1) is 16.3. The number of aliphatic hydroxyl groups excluding tert-OH is 1. The normalized spacial score (nSPS) is 10.8. The van der Waals surface area contributed by atoms with Gasteiger partial charge in [0.25, 0.3) is 0 Å². The second-order valence-electron chi connectivity index (χ2n) is 5.80. The van der Waals surface area contributed by atoms with Crippen LogP contribution in [0.5, 0.6) is 5.75 Å². The Bertz CT molecular complexity index is 818. The molecule has 1 N–H and O–H groups in total. The summed E-state index contributed by atoms with van der Waals surface area (Å²) >= 11 is 0. The summed E-state index contributed by atoms with van der Waals surface area (Å²) in [7, 11) is 1.66. The van der Waals surface area contributed by atoms with Crippen molar-refractivity contribution in [1.29, 1.82) is 0 Å². The molecule has 2 aromatic carbocycles. The van der Waals surface area contributed by atoms with E-state index in [1.54, 1.807) is 7.11 Å². The monoisotopic (exact) mass is 322 g/mol. The van der Waals surface area contributed by atoms with Crippen LogP contribution in [0, 0.1) is 6.92 Å². The van der Waals surface area contributed by atoms with E-state index in [0.29, 0.717) is 6.54 Å². The summed E-state index contributed by atoms with van der Waals surface area (Å²) in [4.78, 5) is 6.80. The molecule has 0 spiro atoms. The summed E-state index contributed by atoms with van der Waals surface area (Å²) in [6.07, 6.45) is 0. The Morgan fingerprint density at radius 3 is 2.58 bits per heavy atom. The molecule has 4 nitrogen and oxygen atoms in total.